The van der Waals surface area contributed by atoms with Crippen molar-refractivity contribution in [2.24, 2.45) is 11.3 Å². The lowest BCUT2D eigenvalue weighted by Crippen LogP contribution is -2.51. The van der Waals surface area contributed by atoms with E-state index < -0.39 is 0 Å². The van der Waals surface area contributed by atoms with E-state index in [4.69, 9.17) is 0 Å². The summed E-state index contributed by atoms with van der Waals surface area (Å²) in [5, 5.41) is 3.50. The van der Waals surface area contributed by atoms with Crippen molar-refractivity contribution in [3.05, 3.63) is 0 Å². The first-order valence-corrected chi connectivity index (χ1v) is 8.22. The van der Waals surface area contributed by atoms with Crippen LogP contribution in [0.1, 0.15) is 57.8 Å². The van der Waals surface area contributed by atoms with Crippen LogP contribution in [0.3, 0.4) is 0 Å². The van der Waals surface area contributed by atoms with Gasteiger partial charge >= 0.3 is 0 Å². The lowest BCUT2D eigenvalue weighted by molar-refractivity contribution is -0.146. The van der Waals surface area contributed by atoms with Crippen LogP contribution >= 0.6 is 0 Å². The van der Waals surface area contributed by atoms with Crippen molar-refractivity contribution in [1.29, 1.82) is 0 Å². The van der Waals surface area contributed by atoms with E-state index >= 15 is 0 Å². The number of amides is 1. The van der Waals surface area contributed by atoms with Gasteiger partial charge in [-0.2, -0.15) is 0 Å². The number of carbonyl (C=O) groups excluding carboxylic acids is 1. The lowest BCUT2D eigenvalue weighted by Gasteiger charge is -2.42. The summed E-state index contributed by atoms with van der Waals surface area (Å²) in [6.07, 6.45) is 11.3. The molecule has 3 fully saturated rings. The van der Waals surface area contributed by atoms with Gasteiger partial charge in [0.05, 0.1) is 5.41 Å². The number of fused-ring (bicyclic) bond motifs is 1. The van der Waals surface area contributed by atoms with Gasteiger partial charge < -0.3 is 10.2 Å². The molecule has 3 nitrogen and oxygen atoms in total. The summed E-state index contributed by atoms with van der Waals surface area (Å²) in [4.78, 5) is 15.2. The third-order valence-electron chi connectivity index (χ3n) is 5.91. The van der Waals surface area contributed by atoms with Crippen LogP contribution in [0.2, 0.25) is 0 Å². The first kappa shape index (κ1) is 13.4. The van der Waals surface area contributed by atoms with Crippen LogP contribution in [0.15, 0.2) is 0 Å². The van der Waals surface area contributed by atoms with E-state index in [9.17, 15) is 4.79 Å². The third kappa shape index (κ3) is 2.31. The van der Waals surface area contributed by atoms with Gasteiger partial charge in [-0.25, -0.2) is 0 Å². The van der Waals surface area contributed by atoms with E-state index in [1.807, 2.05) is 0 Å². The molecular weight excluding hydrogens is 236 g/mol. The molecule has 0 unspecified atom stereocenters. The van der Waals surface area contributed by atoms with E-state index in [2.05, 4.69) is 17.3 Å². The van der Waals surface area contributed by atoms with Crippen molar-refractivity contribution in [1.82, 2.24) is 10.2 Å². The zero-order valence-electron chi connectivity index (χ0n) is 12.3. The third-order valence-corrected chi connectivity index (χ3v) is 5.91. The predicted octanol–water partition coefficient (Wildman–Crippen LogP) is 2.56. The Bertz CT molecular complexity index is 338. The van der Waals surface area contributed by atoms with Crippen molar-refractivity contribution < 1.29 is 4.79 Å². The van der Waals surface area contributed by atoms with Crippen LogP contribution < -0.4 is 5.32 Å². The van der Waals surface area contributed by atoms with Gasteiger partial charge in [-0.15, -0.1) is 0 Å². The molecule has 0 aromatic rings. The summed E-state index contributed by atoms with van der Waals surface area (Å²) in [7, 11) is 2.07. The zero-order chi connectivity index (χ0) is 13.3. The second-order valence-electron chi connectivity index (χ2n) is 6.94. The Morgan fingerprint density at radius 3 is 2.63 bits per heavy atom. The number of hydrogen-bond donors (Lipinski definition) is 1. The summed E-state index contributed by atoms with van der Waals surface area (Å²) in [6, 6.07) is 0.513. The second-order valence-corrected chi connectivity index (χ2v) is 6.94. The summed E-state index contributed by atoms with van der Waals surface area (Å²) in [5.41, 5.74) is -0.0511. The van der Waals surface area contributed by atoms with Gasteiger partial charge in [0.25, 0.3) is 0 Å². The molecule has 2 aliphatic carbocycles. The van der Waals surface area contributed by atoms with Gasteiger partial charge in [-0.1, -0.05) is 32.1 Å². The number of carbonyl (C=O) groups is 1. The lowest BCUT2D eigenvalue weighted by atomic mass is 9.67. The smallest absolute Gasteiger partial charge is 0.230 e. The molecular formula is C16H28N2O. The molecule has 3 aliphatic rings. The van der Waals surface area contributed by atoms with Crippen LogP contribution in [0.25, 0.3) is 0 Å². The molecule has 0 bridgehead atoms. The molecule has 2 saturated carbocycles. The molecule has 108 valence electrons. The van der Waals surface area contributed by atoms with Crippen molar-refractivity contribution in [3.8, 4) is 0 Å². The largest absolute Gasteiger partial charge is 0.342 e. The minimum Gasteiger partial charge on any atom is -0.342 e. The summed E-state index contributed by atoms with van der Waals surface area (Å²) >= 11 is 0. The molecule has 2 atom stereocenters. The van der Waals surface area contributed by atoms with E-state index in [1.54, 1.807) is 0 Å². The van der Waals surface area contributed by atoms with Gasteiger partial charge in [-0.3, -0.25) is 4.79 Å². The number of rotatable bonds is 2. The maximum absolute atomic E-state index is 13.1. The highest BCUT2D eigenvalue weighted by Crippen LogP contribution is 2.45. The first-order chi connectivity index (χ1) is 9.24. The minimum atomic E-state index is -0.0511. The minimum absolute atomic E-state index is 0.0511. The highest BCUT2D eigenvalue weighted by molar-refractivity contribution is 5.84. The van der Waals surface area contributed by atoms with Gasteiger partial charge in [0.2, 0.25) is 5.91 Å². The fourth-order valence-electron chi connectivity index (χ4n) is 4.65. The Balaban J connectivity index is 1.74. The van der Waals surface area contributed by atoms with Gasteiger partial charge in [0.15, 0.2) is 0 Å². The highest BCUT2D eigenvalue weighted by Gasteiger charge is 2.51. The standard InChI is InChI=1S/C16H28N2O/c1-18(14-8-3-2-4-9-14)15(19)16-10-6-5-7-13(16)11-17-12-16/h13-14,17H,2-12H2,1H3/t13-,16+/m0/s1. The van der Waals surface area contributed by atoms with Gasteiger partial charge in [0.1, 0.15) is 0 Å². The second kappa shape index (κ2) is 5.43. The van der Waals surface area contributed by atoms with Gasteiger partial charge in [-0.05, 0) is 38.1 Å². The maximum Gasteiger partial charge on any atom is 0.230 e. The Morgan fingerprint density at radius 1 is 1.11 bits per heavy atom. The number of nitrogens with zero attached hydrogens (tertiary/aromatic N) is 1. The van der Waals surface area contributed by atoms with E-state index in [0.29, 0.717) is 17.9 Å². The summed E-state index contributed by atoms with van der Waals surface area (Å²) < 4.78 is 0. The summed E-state index contributed by atoms with van der Waals surface area (Å²) in [5.74, 6) is 1.05. The molecule has 0 spiro atoms. The van der Waals surface area contributed by atoms with Crippen LogP contribution in [-0.4, -0.2) is 37.0 Å². The van der Waals surface area contributed by atoms with E-state index in [0.717, 1.165) is 19.5 Å². The normalized spacial score (nSPS) is 35.9. The molecule has 1 amide bonds. The van der Waals surface area contributed by atoms with Gasteiger partial charge in [0, 0.05) is 19.6 Å². The van der Waals surface area contributed by atoms with Crippen LogP contribution in [0.4, 0.5) is 0 Å². The molecule has 0 aromatic heterocycles. The van der Waals surface area contributed by atoms with Crippen LogP contribution in [0.5, 0.6) is 0 Å². The maximum atomic E-state index is 13.1. The van der Waals surface area contributed by atoms with E-state index in [-0.39, 0.29) is 5.41 Å². The Hall–Kier alpha value is -0.570. The van der Waals surface area contributed by atoms with Crippen LogP contribution in [-0.2, 0) is 4.79 Å². The molecule has 1 aliphatic heterocycles. The predicted molar refractivity (Wildman–Crippen MR) is 76.9 cm³/mol. The highest BCUT2D eigenvalue weighted by atomic mass is 16.2. The average molecular weight is 264 g/mol. The number of hydrogen-bond acceptors (Lipinski definition) is 2. The first-order valence-electron chi connectivity index (χ1n) is 8.22. The summed E-state index contributed by atoms with van der Waals surface area (Å²) in [6.45, 7) is 1.98. The van der Waals surface area contributed by atoms with Crippen molar-refractivity contribution in [3.63, 3.8) is 0 Å². The molecule has 3 heteroatoms. The fraction of sp³-hybridized carbons (Fsp3) is 0.938. The molecule has 1 saturated heterocycles. The van der Waals surface area contributed by atoms with Crippen molar-refractivity contribution >= 4 is 5.91 Å². The van der Waals surface area contributed by atoms with Crippen molar-refractivity contribution in [2.45, 2.75) is 63.8 Å². The monoisotopic (exact) mass is 264 g/mol. The number of nitrogens with one attached hydrogen (secondary N) is 1. The molecule has 1 heterocycles. The zero-order valence-corrected chi connectivity index (χ0v) is 12.3. The molecule has 3 rings (SSSR count). The SMILES string of the molecule is CN(C(=O)[C@@]12CCCC[C@H]1CNC2)C1CCCCC1. The fourth-order valence-corrected chi connectivity index (χ4v) is 4.65. The molecule has 19 heavy (non-hydrogen) atoms. The molecule has 0 radical (unpaired) electrons. The Morgan fingerprint density at radius 2 is 1.84 bits per heavy atom. The van der Waals surface area contributed by atoms with Crippen LogP contribution in [0, 0.1) is 11.3 Å². The Kier molecular flexibility index (Phi) is 3.84. The Labute approximate surface area is 117 Å². The molecule has 1 N–H and O–H groups in total. The quantitative estimate of drug-likeness (QED) is 0.831. The molecule has 0 aromatic carbocycles. The topological polar surface area (TPSA) is 32.3 Å². The van der Waals surface area contributed by atoms with E-state index in [1.165, 1.54) is 51.4 Å². The van der Waals surface area contributed by atoms with Crippen molar-refractivity contribution in [2.75, 3.05) is 20.1 Å². The average Bonchev–Trinajstić information content (AvgIpc) is 2.91.